The molecule has 0 fully saturated rings. The number of aromatic hydroxyl groups is 1. The molecule has 0 unspecified atom stereocenters. The Kier molecular flexibility index (Phi) is 6.26. The van der Waals surface area contributed by atoms with Crippen molar-refractivity contribution in [3.05, 3.63) is 53.6 Å². The minimum atomic E-state index is -3.72. The van der Waals surface area contributed by atoms with Crippen LogP contribution in [-0.4, -0.2) is 44.3 Å². The van der Waals surface area contributed by atoms with Crippen molar-refractivity contribution >= 4 is 21.9 Å². The van der Waals surface area contributed by atoms with Crippen LogP contribution in [0.25, 0.3) is 0 Å². The summed E-state index contributed by atoms with van der Waals surface area (Å²) in [5, 5.41) is 14.2. The van der Waals surface area contributed by atoms with Crippen LogP contribution in [0, 0.1) is 6.92 Å². The molecule has 0 aliphatic rings. The molecule has 0 saturated carbocycles. The molecule has 2 aromatic carbocycles. The van der Waals surface area contributed by atoms with Crippen molar-refractivity contribution in [3.63, 3.8) is 0 Å². The number of hydrogen-bond acceptors (Lipinski definition) is 5. The molecule has 0 atom stereocenters. The second-order valence-electron chi connectivity index (χ2n) is 5.91. The van der Waals surface area contributed by atoms with Crippen LogP contribution in [0.5, 0.6) is 5.75 Å². The second kappa shape index (κ2) is 8.23. The van der Waals surface area contributed by atoms with E-state index in [1.165, 1.54) is 13.3 Å². The van der Waals surface area contributed by atoms with E-state index in [0.717, 1.165) is 28.8 Å². The Hall–Kier alpha value is -2.54. The van der Waals surface area contributed by atoms with Gasteiger partial charge >= 0.3 is 0 Å². The third-order valence-corrected chi connectivity index (χ3v) is 5.83. The van der Waals surface area contributed by atoms with Crippen molar-refractivity contribution < 1.29 is 13.5 Å². The van der Waals surface area contributed by atoms with E-state index in [1.54, 1.807) is 36.4 Å². The maximum absolute atomic E-state index is 12.5. The van der Waals surface area contributed by atoms with Crippen LogP contribution in [0.1, 0.15) is 25.0 Å². The molecule has 2 aromatic rings. The van der Waals surface area contributed by atoms with Gasteiger partial charge in [-0.05, 0) is 45.0 Å². The third kappa shape index (κ3) is 4.35. The quantitative estimate of drug-likeness (QED) is 0.596. The second-order valence-corrected chi connectivity index (χ2v) is 7.86. The molecule has 0 bridgehead atoms. The predicted molar refractivity (Wildman–Crippen MR) is 105 cm³/mol. The Balaban J connectivity index is 2.22. The SMILES string of the molecule is CCN(CC)c1ccc(C=NN(C)S(=O)(=O)c2ccc(C)cc2)c(O)c1. The maximum atomic E-state index is 12.5. The van der Waals surface area contributed by atoms with Gasteiger partial charge in [0.15, 0.2) is 0 Å². The van der Waals surface area contributed by atoms with Crippen molar-refractivity contribution in [1.29, 1.82) is 0 Å². The fourth-order valence-electron chi connectivity index (χ4n) is 2.50. The number of anilines is 1. The molecule has 0 amide bonds. The predicted octanol–water partition coefficient (Wildman–Crippen LogP) is 3.20. The molecule has 2 rings (SSSR count). The fourth-order valence-corrected chi connectivity index (χ4v) is 3.45. The number of benzene rings is 2. The highest BCUT2D eigenvalue weighted by Crippen LogP contribution is 2.24. The Morgan fingerprint density at radius 3 is 2.23 bits per heavy atom. The zero-order valence-electron chi connectivity index (χ0n) is 15.5. The summed E-state index contributed by atoms with van der Waals surface area (Å²) < 4.78 is 25.9. The van der Waals surface area contributed by atoms with E-state index in [-0.39, 0.29) is 10.6 Å². The molecule has 140 valence electrons. The topological polar surface area (TPSA) is 73.2 Å². The van der Waals surface area contributed by atoms with E-state index in [0.29, 0.717) is 5.56 Å². The number of phenols is 1. The molecule has 0 aliphatic carbocycles. The number of nitrogens with zero attached hydrogens (tertiary/aromatic N) is 3. The van der Waals surface area contributed by atoms with E-state index >= 15 is 0 Å². The van der Waals surface area contributed by atoms with Crippen molar-refractivity contribution in [2.24, 2.45) is 5.10 Å². The zero-order chi connectivity index (χ0) is 19.3. The summed E-state index contributed by atoms with van der Waals surface area (Å²) in [5.41, 5.74) is 2.34. The number of phenolic OH excluding ortho intramolecular Hbond substituents is 1. The smallest absolute Gasteiger partial charge is 0.278 e. The summed E-state index contributed by atoms with van der Waals surface area (Å²) >= 11 is 0. The van der Waals surface area contributed by atoms with Crippen molar-refractivity contribution in [1.82, 2.24) is 4.41 Å². The molecule has 6 nitrogen and oxygen atoms in total. The summed E-state index contributed by atoms with van der Waals surface area (Å²) in [4.78, 5) is 2.28. The van der Waals surface area contributed by atoms with Gasteiger partial charge in [-0.1, -0.05) is 17.7 Å². The molecule has 0 aromatic heterocycles. The van der Waals surface area contributed by atoms with Gasteiger partial charge in [0.1, 0.15) is 5.75 Å². The van der Waals surface area contributed by atoms with E-state index in [4.69, 9.17) is 0 Å². The molecule has 1 N–H and O–H groups in total. The van der Waals surface area contributed by atoms with Crippen LogP contribution in [0.3, 0.4) is 0 Å². The molecule has 0 spiro atoms. The highest BCUT2D eigenvalue weighted by Gasteiger charge is 2.18. The van der Waals surface area contributed by atoms with E-state index in [9.17, 15) is 13.5 Å². The normalized spacial score (nSPS) is 11.7. The number of rotatable bonds is 7. The molecular formula is C19H25N3O3S. The number of hydrazone groups is 1. The minimum absolute atomic E-state index is 0.0549. The summed E-state index contributed by atoms with van der Waals surface area (Å²) in [5.74, 6) is 0.0549. The number of sulfonamides is 1. The summed E-state index contributed by atoms with van der Waals surface area (Å²) in [6.45, 7) is 7.65. The Bertz CT molecular complexity index is 873. The van der Waals surface area contributed by atoms with Crippen molar-refractivity contribution in [2.45, 2.75) is 25.7 Å². The Labute approximate surface area is 155 Å². The van der Waals surface area contributed by atoms with Gasteiger partial charge < -0.3 is 10.0 Å². The average Bonchev–Trinajstić information content (AvgIpc) is 2.62. The summed E-state index contributed by atoms with van der Waals surface area (Å²) in [7, 11) is -2.35. The molecule has 0 saturated heterocycles. The first kappa shape index (κ1) is 19.8. The van der Waals surface area contributed by atoms with Gasteiger partial charge in [-0.2, -0.15) is 17.9 Å². The van der Waals surface area contributed by atoms with Crippen LogP contribution >= 0.6 is 0 Å². The lowest BCUT2D eigenvalue weighted by Crippen LogP contribution is -2.22. The average molecular weight is 375 g/mol. The zero-order valence-corrected chi connectivity index (χ0v) is 16.4. The summed E-state index contributed by atoms with van der Waals surface area (Å²) in [6, 6.07) is 11.8. The Morgan fingerprint density at radius 1 is 1.08 bits per heavy atom. The van der Waals surface area contributed by atoms with Gasteiger partial charge in [-0.15, -0.1) is 0 Å². The molecule has 26 heavy (non-hydrogen) atoms. The lowest BCUT2D eigenvalue weighted by atomic mass is 10.2. The molecule has 0 radical (unpaired) electrons. The van der Waals surface area contributed by atoms with Gasteiger partial charge in [0, 0.05) is 37.5 Å². The summed E-state index contributed by atoms with van der Waals surface area (Å²) in [6.07, 6.45) is 1.34. The maximum Gasteiger partial charge on any atom is 0.278 e. The number of aryl methyl sites for hydroxylation is 1. The van der Waals surface area contributed by atoms with E-state index in [2.05, 4.69) is 10.0 Å². The van der Waals surface area contributed by atoms with Gasteiger partial charge in [0.05, 0.1) is 11.1 Å². The first-order chi connectivity index (χ1) is 12.3. The largest absolute Gasteiger partial charge is 0.507 e. The van der Waals surface area contributed by atoms with E-state index in [1.807, 2.05) is 26.8 Å². The highest BCUT2D eigenvalue weighted by atomic mass is 32.2. The molecular weight excluding hydrogens is 350 g/mol. The van der Waals surface area contributed by atoms with Gasteiger partial charge in [-0.3, -0.25) is 0 Å². The first-order valence-corrected chi connectivity index (χ1v) is 9.91. The van der Waals surface area contributed by atoms with Crippen LogP contribution in [0.4, 0.5) is 5.69 Å². The van der Waals surface area contributed by atoms with E-state index < -0.39 is 10.0 Å². The lowest BCUT2D eigenvalue weighted by Gasteiger charge is -2.21. The minimum Gasteiger partial charge on any atom is -0.507 e. The van der Waals surface area contributed by atoms with Crippen LogP contribution in [-0.2, 0) is 10.0 Å². The van der Waals surface area contributed by atoms with Gasteiger partial charge in [0.2, 0.25) is 0 Å². The fraction of sp³-hybridized carbons (Fsp3) is 0.316. The lowest BCUT2D eigenvalue weighted by molar-refractivity contribution is 0.472. The van der Waals surface area contributed by atoms with Crippen molar-refractivity contribution in [2.75, 3.05) is 25.0 Å². The molecule has 0 aliphatic heterocycles. The first-order valence-electron chi connectivity index (χ1n) is 8.47. The monoisotopic (exact) mass is 375 g/mol. The van der Waals surface area contributed by atoms with Gasteiger partial charge in [0.25, 0.3) is 10.0 Å². The van der Waals surface area contributed by atoms with Crippen LogP contribution in [0.2, 0.25) is 0 Å². The highest BCUT2D eigenvalue weighted by molar-refractivity contribution is 7.89. The Morgan fingerprint density at radius 2 is 1.69 bits per heavy atom. The van der Waals surface area contributed by atoms with Crippen LogP contribution < -0.4 is 4.90 Å². The standard InChI is InChI=1S/C19H25N3O3S/c1-5-22(6-2)17-10-9-16(19(23)13-17)14-20-21(4)26(24,25)18-11-7-15(3)8-12-18/h7-14,23H,5-6H2,1-4H3. The third-order valence-electron chi connectivity index (χ3n) is 4.17. The number of hydrogen-bond donors (Lipinski definition) is 1. The van der Waals surface area contributed by atoms with Gasteiger partial charge in [-0.25, -0.2) is 0 Å². The van der Waals surface area contributed by atoms with Crippen molar-refractivity contribution in [3.8, 4) is 5.75 Å². The van der Waals surface area contributed by atoms with Crippen LogP contribution in [0.15, 0.2) is 52.5 Å². The molecule has 7 heteroatoms. The molecule has 0 heterocycles.